The van der Waals surface area contributed by atoms with E-state index in [2.05, 4.69) is 31.2 Å². The van der Waals surface area contributed by atoms with Crippen molar-refractivity contribution in [3.05, 3.63) is 179 Å². The summed E-state index contributed by atoms with van der Waals surface area (Å²) >= 11 is 0. The summed E-state index contributed by atoms with van der Waals surface area (Å²) in [6.07, 6.45) is 14.2. The monoisotopic (exact) mass is 845 g/mol. The van der Waals surface area contributed by atoms with Crippen molar-refractivity contribution in [2.24, 2.45) is 0 Å². The normalized spacial score (nSPS) is 10.7. The first kappa shape index (κ1) is 45.2. The summed E-state index contributed by atoms with van der Waals surface area (Å²) < 4.78 is 36.6. The Labute approximate surface area is 367 Å². The van der Waals surface area contributed by atoms with Gasteiger partial charge in [0.05, 0.1) is 33.9 Å². The van der Waals surface area contributed by atoms with Gasteiger partial charge < -0.3 is 18.9 Å². The molecule has 0 atom stereocenters. The van der Waals surface area contributed by atoms with Crippen LogP contribution in [-0.2, 0) is 6.42 Å². The first-order chi connectivity index (χ1) is 30.7. The summed E-state index contributed by atoms with van der Waals surface area (Å²) in [5, 5.41) is 8.93. The van der Waals surface area contributed by atoms with E-state index in [0.717, 1.165) is 29.7 Å². The lowest BCUT2D eigenvalue weighted by Gasteiger charge is -2.10. The number of hydrogen-bond acceptors (Lipinski definition) is 9. The van der Waals surface area contributed by atoms with E-state index in [9.17, 15) is 19.2 Å². The second-order valence-corrected chi connectivity index (χ2v) is 15.1. The van der Waals surface area contributed by atoms with Crippen LogP contribution in [0, 0.1) is 17.1 Å². The highest BCUT2D eigenvalue weighted by molar-refractivity contribution is 5.95. The Hall–Kier alpha value is -7.38. The van der Waals surface area contributed by atoms with Gasteiger partial charge in [-0.25, -0.2) is 23.6 Å². The minimum atomic E-state index is -1.04. The molecule has 0 bridgehead atoms. The average Bonchev–Trinajstić information content (AvgIpc) is 3.30. The molecule has 0 aliphatic rings. The Balaban J connectivity index is 0.948. The van der Waals surface area contributed by atoms with Crippen LogP contribution in [0.1, 0.15) is 124 Å². The van der Waals surface area contributed by atoms with Gasteiger partial charge in [0.1, 0.15) is 28.8 Å². The van der Waals surface area contributed by atoms with Crippen molar-refractivity contribution >= 4 is 23.9 Å². The molecule has 0 amide bonds. The zero-order valence-electron chi connectivity index (χ0n) is 35.1. The molecule has 0 saturated carbocycles. The van der Waals surface area contributed by atoms with Crippen LogP contribution in [0.25, 0.3) is 11.1 Å². The van der Waals surface area contributed by atoms with Gasteiger partial charge in [0.2, 0.25) is 0 Å². The molecule has 0 spiro atoms. The molecule has 0 fully saturated rings. The minimum Gasteiger partial charge on any atom is -0.423 e. The summed E-state index contributed by atoms with van der Waals surface area (Å²) in [7, 11) is 0. The fourth-order valence-electron chi connectivity index (χ4n) is 6.81. The van der Waals surface area contributed by atoms with E-state index in [4.69, 9.17) is 24.2 Å². The Bertz CT molecular complexity index is 2530. The smallest absolute Gasteiger partial charge is 0.346 e. The Morgan fingerprint density at radius 3 is 1.51 bits per heavy atom. The number of rotatable bonds is 20. The molecule has 0 heterocycles. The standard InChI is InChI=1S/C53H48FNO8/c1-2-3-4-5-6-7-8-9-10-11-13-37-16-20-39(21-17-37)40-22-24-41(25-23-40)51(57)62-47-32-33-48(49(54)35-47)53(59)63-46-15-12-14-43(34-46)52(58)61-45-30-26-42(27-31-45)50(56)60-44-28-18-38(36-55)19-29-44/h12,14-35H,2-11,13H2,1H3. The number of carbonyl (C=O) groups is 4. The van der Waals surface area contributed by atoms with Gasteiger partial charge in [-0.05, 0) is 121 Å². The molecule has 6 aromatic rings. The van der Waals surface area contributed by atoms with Crippen LogP contribution >= 0.6 is 0 Å². The summed E-state index contributed by atoms with van der Waals surface area (Å²) in [4.78, 5) is 51.3. The molecule has 320 valence electrons. The highest BCUT2D eigenvalue weighted by Gasteiger charge is 2.19. The zero-order valence-corrected chi connectivity index (χ0v) is 35.1. The molecule has 0 radical (unpaired) electrons. The fourth-order valence-corrected chi connectivity index (χ4v) is 6.81. The van der Waals surface area contributed by atoms with Gasteiger partial charge in [0.15, 0.2) is 0 Å². The molecule has 0 aliphatic heterocycles. The lowest BCUT2D eigenvalue weighted by Crippen LogP contribution is -2.13. The van der Waals surface area contributed by atoms with Crippen LogP contribution in [0.3, 0.4) is 0 Å². The van der Waals surface area contributed by atoms with Crippen molar-refractivity contribution in [2.75, 3.05) is 0 Å². The molecule has 0 N–H and O–H groups in total. The maximum atomic E-state index is 15.2. The Kier molecular flexibility index (Phi) is 16.5. The van der Waals surface area contributed by atoms with Crippen molar-refractivity contribution in [1.82, 2.24) is 0 Å². The van der Waals surface area contributed by atoms with Crippen molar-refractivity contribution in [3.8, 4) is 40.2 Å². The highest BCUT2D eigenvalue weighted by atomic mass is 19.1. The first-order valence-corrected chi connectivity index (χ1v) is 21.3. The molecule has 0 aromatic heterocycles. The van der Waals surface area contributed by atoms with Gasteiger partial charge in [-0.2, -0.15) is 5.26 Å². The van der Waals surface area contributed by atoms with Crippen molar-refractivity contribution in [3.63, 3.8) is 0 Å². The Morgan fingerprint density at radius 1 is 0.476 bits per heavy atom. The van der Waals surface area contributed by atoms with Crippen LogP contribution < -0.4 is 18.9 Å². The largest absolute Gasteiger partial charge is 0.423 e. The molecule has 10 heteroatoms. The van der Waals surface area contributed by atoms with E-state index in [-0.39, 0.29) is 39.7 Å². The van der Waals surface area contributed by atoms with E-state index in [0.29, 0.717) is 5.56 Å². The third-order valence-electron chi connectivity index (χ3n) is 10.4. The molecule has 63 heavy (non-hydrogen) atoms. The Morgan fingerprint density at radius 2 is 0.937 bits per heavy atom. The van der Waals surface area contributed by atoms with Gasteiger partial charge in [-0.3, -0.25) is 0 Å². The number of nitrogens with zero attached hydrogens (tertiary/aromatic N) is 1. The van der Waals surface area contributed by atoms with Gasteiger partial charge in [0, 0.05) is 6.07 Å². The van der Waals surface area contributed by atoms with E-state index in [1.54, 1.807) is 12.1 Å². The molecule has 9 nitrogen and oxygen atoms in total. The molecule has 6 rings (SSSR count). The summed E-state index contributed by atoms with van der Waals surface area (Å²) in [6.45, 7) is 2.25. The van der Waals surface area contributed by atoms with Crippen molar-refractivity contribution in [2.45, 2.75) is 77.6 Å². The van der Waals surface area contributed by atoms with Crippen molar-refractivity contribution < 1.29 is 42.5 Å². The number of benzene rings is 6. The second kappa shape index (κ2) is 23.0. The van der Waals surface area contributed by atoms with E-state index in [1.807, 2.05) is 18.2 Å². The predicted octanol–water partition coefficient (Wildman–Crippen LogP) is 12.7. The van der Waals surface area contributed by atoms with Gasteiger partial charge in [-0.15, -0.1) is 0 Å². The number of carbonyl (C=O) groups excluding carboxylic acids is 4. The average molecular weight is 846 g/mol. The van der Waals surface area contributed by atoms with E-state index < -0.39 is 35.3 Å². The van der Waals surface area contributed by atoms with Crippen LogP contribution in [0.5, 0.6) is 23.0 Å². The zero-order chi connectivity index (χ0) is 44.4. The molecule has 0 saturated heterocycles. The number of esters is 4. The molecule has 0 unspecified atom stereocenters. The minimum absolute atomic E-state index is 0.0353. The molecular formula is C53H48FNO8. The lowest BCUT2D eigenvalue weighted by molar-refractivity contribution is 0.0709. The first-order valence-electron chi connectivity index (χ1n) is 21.3. The highest BCUT2D eigenvalue weighted by Crippen LogP contribution is 2.25. The number of halogens is 1. The quantitative estimate of drug-likeness (QED) is 0.0419. The number of nitriles is 1. The molecule has 6 aromatic carbocycles. The number of unbranched alkanes of at least 4 members (excludes halogenated alkanes) is 9. The van der Waals surface area contributed by atoms with Gasteiger partial charge in [-0.1, -0.05) is 107 Å². The maximum Gasteiger partial charge on any atom is 0.346 e. The van der Waals surface area contributed by atoms with Crippen molar-refractivity contribution in [1.29, 1.82) is 5.26 Å². The van der Waals surface area contributed by atoms with E-state index in [1.165, 1.54) is 149 Å². The summed E-state index contributed by atoms with van der Waals surface area (Å²) in [6, 6.07) is 38.1. The van der Waals surface area contributed by atoms with Gasteiger partial charge >= 0.3 is 23.9 Å². The molecule has 0 aliphatic carbocycles. The topological polar surface area (TPSA) is 129 Å². The van der Waals surface area contributed by atoms with E-state index >= 15 is 4.39 Å². The third kappa shape index (κ3) is 13.6. The van der Waals surface area contributed by atoms with Crippen LogP contribution in [0.15, 0.2) is 140 Å². The number of hydrogen-bond donors (Lipinski definition) is 0. The summed E-state index contributed by atoms with van der Waals surface area (Å²) in [5.74, 6) is -3.88. The SMILES string of the molecule is CCCCCCCCCCCCc1ccc(-c2ccc(C(=O)Oc3ccc(C(=O)Oc4cccc(C(=O)Oc5ccc(C(=O)Oc6ccc(C#N)cc6)cc5)c4)c(F)c3)cc2)cc1. The van der Waals surface area contributed by atoms with Crippen LogP contribution in [0.4, 0.5) is 4.39 Å². The van der Waals surface area contributed by atoms with Gasteiger partial charge in [0.25, 0.3) is 0 Å². The number of ether oxygens (including phenoxy) is 4. The number of aryl methyl sites for hydroxylation is 1. The second-order valence-electron chi connectivity index (χ2n) is 15.1. The maximum absolute atomic E-state index is 15.2. The summed E-state index contributed by atoms with van der Waals surface area (Å²) in [5.41, 5.74) is 3.80. The predicted molar refractivity (Wildman–Crippen MR) is 238 cm³/mol. The third-order valence-corrected chi connectivity index (χ3v) is 10.4. The van der Waals surface area contributed by atoms with Crippen LogP contribution in [-0.4, -0.2) is 23.9 Å². The molecular weight excluding hydrogens is 798 g/mol. The lowest BCUT2D eigenvalue weighted by atomic mass is 10.00. The van der Waals surface area contributed by atoms with Crippen LogP contribution in [0.2, 0.25) is 0 Å². The fraction of sp³-hybridized carbons (Fsp3) is 0.226.